The number of aliphatic imine (C=N–C) groups is 1. The molecule has 1 aromatic carbocycles. The summed E-state index contributed by atoms with van der Waals surface area (Å²) in [4.78, 5) is 11.5. The largest absolute Gasteiger partial charge is 0.465 e. The molecule has 8 nitrogen and oxygen atoms in total. The Hall–Kier alpha value is -2.96. The molecule has 1 unspecified atom stereocenters. The smallest absolute Gasteiger partial charge is 0.283 e. The molecule has 1 atom stereocenters. The Morgan fingerprint density at radius 3 is 2.92 bits per heavy atom. The zero-order valence-electron chi connectivity index (χ0n) is 12.3. The predicted molar refractivity (Wildman–Crippen MR) is 87.5 cm³/mol. The van der Waals surface area contributed by atoms with Crippen molar-refractivity contribution in [2.45, 2.75) is 12.0 Å². The summed E-state index contributed by atoms with van der Waals surface area (Å²) in [5.41, 5.74) is 15.7. The van der Waals surface area contributed by atoms with Crippen LogP contribution in [0.25, 0.3) is 10.4 Å². The maximum atomic E-state index is 8.70. The Morgan fingerprint density at radius 1 is 1.29 bits per heavy atom. The molecule has 0 fully saturated rings. The van der Waals surface area contributed by atoms with E-state index in [2.05, 4.69) is 20.0 Å². The van der Waals surface area contributed by atoms with Gasteiger partial charge in [-0.3, -0.25) is 0 Å². The molecule has 0 bridgehead atoms. The van der Waals surface area contributed by atoms with Crippen molar-refractivity contribution in [3.63, 3.8) is 0 Å². The molecule has 4 rings (SSSR count). The normalized spacial score (nSPS) is 20.8. The second-order valence-electron chi connectivity index (χ2n) is 5.38. The van der Waals surface area contributed by atoms with Gasteiger partial charge in [0.05, 0.1) is 12.8 Å². The molecule has 0 radical (unpaired) electrons. The van der Waals surface area contributed by atoms with Gasteiger partial charge in [0, 0.05) is 28.1 Å². The van der Waals surface area contributed by atoms with Crippen molar-refractivity contribution in [1.82, 2.24) is 4.98 Å². The van der Waals surface area contributed by atoms with Crippen LogP contribution in [0.5, 0.6) is 11.5 Å². The molecule has 2 aliphatic rings. The molecule has 1 spiro atoms. The topological polar surface area (TPSA) is 118 Å². The van der Waals surface area contributed by atoms with E-state index in [9.17, 15) is 0 Å². The molecule has 0 amide bonds. The van der Waals surface area contributed by atoms with Crippen molar-refractivity contribution in [3.8, 4) is 11.5 Å². The number of amidine groups is 1. The van der Waals surface area contributed by atoms with Gasteiger partial charge in [-0.15, -0.1) is 0 Å². The molecule has 0 saturated carbocycles. The van der Waals surface area contributed by atoms with E-state index in [-0.39, 0.29) is 6.02 Å². The minimum absolute atomic E-state index is 0.0853. The van der Waals surface area contributed by atoms with Crippen molar-refractivity contribution in [2.24, 2.45) is 15.8 Å². The van der Waals surface area contributed by atoms with Crippen molar-refractivity contribution in [2.75, 3.05) is 6.61 Å². The molecule has 24 heavy (non-hydrogen) atoms. The lowest BCUT2D eigenvalue weighted by molar-refractivity contribution is 0.219. The number of hydrogen-bond acceptors (Lipinski definition) is 6. The van der Waals surface area contributed by atoms with E-state index in [1.54, 1.807) is 30.5 Å². The number of nitrogens with two attached hydrogens (primary N) is 1. The van der Waals surface area contributed by atoms with E-state index in [1.165, 1.54) is 0 Å². The summed E-state index contributed by atoms with van der Waals surface area (Å²) in [5.74, 6) is 1.16. The second-order valence-corrected chi connectivity index (χ2v) is 5.77. The van der Waals surface area contributed by atoms with E-state index >= 15 is 0 Å². The number of benzene rings is 1. The van der Waals surface area contributed by atoms with Gasteiger partial charge in [0.1, 0.15) is 16.4 Å². The molecule has 1 aromatic heterocycles. The molecule has 2 aromatic rings. The summed E-state index contributed by atoms with van der Waals surface area (Å²) in [5, 5.41) is 3.99. The van der Waals surface area contributed by atoms with E-state index in [4.69, 9.17) is 32.3 Å². The van der Waals surface area contributed by atoms with Crippen LogP contribution >= 0.6 is 11.6 Å². The van der Waals surface area contributed by atoms with Gasteiger partial charge in [-0.1, -0.05) is 16.7 Å². The van der Waals surface area contributed by atoms with E-state index in [0.717, 1.165) is 11.1 Å². The fraction of sp³-hybridized carbons (Fsp3) is 0.200. The van der Waals surface area contributed by atoms with E-state index < -0.39 is 5.54 Å². The standard InChI is InChI=1S/C15H11ClN6O2/c16-13-6-10-12(7-19-13)24-11-2-1-8(21-22-18)5-9(11)15(10)3-4-23-14(17)20-15/h1-2,5-7H,3-4H2,(H2,17,20). The molecule has 3 heterocycles. The van der Waals surface area contributed by atoms with Crippen molar-refractivity contribution in [3.05, 3.63) is 57.2 Å². The van der Waals surface area contributed by atoms with Gasteiger partial charge in [-0.25, -0.2) is 9.98 Å². The molecule has 0 saturated heterocycles. The predicted octanol–water partition coefficient (Wildman–Crippen LogP) is 3.76. The minimum Gasteiger partial charge on any atom is -0.465 e. The molecule has 2 N–H and O–H groups in total. The summed E-state index contributed by atoms with van der Waals surface area (Å²) < 4.78 is 11.2. The number of azide groups is 1. The molecular formula is C15H11ClN6O2. The lowest BCUT2D eigenvalue weighted by atomic mass is 9.78. The van der Waals surface area contributed by atoms with Crippen LogP contribution in [0, 0.1) is 0 Å². The first-order valence-corrected chi connectivity index (χ1v) is 7.52. The fourth-order valence-corrected chi connectivity index (χ4v) is 3.26. The van der Waals surface area contributed by atoms with Gasteiger partial charge in [0.15, 0.2) is 5.75 Å². The monoisotopic (exact) mass is 342 g/mol. The number of halogens is 1. The van der Waals surface area contributed by atoms with E-state index in [0.29, 0.717) is 35.4 Å². The van der Waals surface area contributed by atoms with E-state index in [1.807, 2.05) is 0 Å². The van der Waals surface area contributed by atoms with Crippen LogP contribution in [0.3, 0.4) is 0 Å². The Kier molecular flexibility index (Phi) is 3.23. The second kappa shape index (κ2) is 5.30. The van der Waals surface area contributed by atoms with Gasteiger partial charge < -0.3 is 15.2 Å². The molecule has 120 valence electrons. The van der Waals surface area contributed by atoms with Crippen molar-refractivity contribution in [1.29, 1.82) is 0 Å². The number of fused-ring (bicyclic) bond motifs is 4. The Balaban J connectivity index is 2.03. The fourth-order valence-electron chi connectivity index (χ4n) is 3.10. The Bertz CT molecular complexity index is 924. The summed E-state index contributed by atoms with van der Waals surface area (Å²) in [6.45, 7) is 0.389. The summed E-state index contributed by atoms with van der Waals surface area (Å²) in [6, 6.07) is 6.95. The summed E-state index contributed by atoms with van der Waals surface area (Å²) >= 11 is 6.08. The van der Waals surface area contributed by atoms with Crippen LogP contribution in [0.2, 0.25) is 5.15 Å². The molecular weight excluding hydrogens is 332 g/mol. The number of rotatable bonds is 1. The highest BCUT2D eigenvalue weighted by atomic mass is 35.5. The first kappa shape index (κ1) is 14.6. The van der Waals surface area contributed by atoms with Crippen LogP contribution in [-0.4, -0.2) is 17.6 Å². The summed E-state index contributed by atoms with van der Waals surface area (Å²) in [7, 11) is 0. The maximum Gasteiger partial charge on any atom is 0.283 e. The maximum absolute atomic E-state index is 8.70. The molecule has 0 aliphatic carbocycles. The van der Waals surface area contributed by atoms with Gasteiger partial charge >= 0.3 is 0 Å². The minimum atomic E-state index is -0.821. The molecule has 9 heteroatoms. The van der Waals surface area contributed by atoms with Gasteiger partial charge in [0.25, 0.3) is 6.02 Å². The highest BCUT2D eigenvalue weighted by molar-refractivity contribution is 6.29. The van der Waals surface area contributed by atoms with Crippen molar-refractivity contribution < 1.29 is 9.47 Å². The van der Waals surface area contributed by atoms with Gasteiger partial charge in [0.2, 0.25) is 0 Å². The zero-order valence-corrected chi connectivity index (χ0v) is 13.1. The third kappa shape index (κ3) is 2.12. The Labute approximate surface area is 141 Å². The van der Waals surface area contributed by atoms with Crippen LogP contribution < -0.4 is 10.5 Å². The quantitative estimate of drug-likeness (QED) is 0.367. The van der Waals surface area contributed by atoms with Crippen LogP contribution in [0.15, 0.2) is 40.6 Å². The number of hydrogen-bond donors (Lipinski definition) is 1. The lowest BCUT2D eigenvalue weighted by Gasteiger charge is -2.39. The van der Waals surface area contributed by atoms with Crippen LogP contribution in [0.4, 0.5) is 5.69 Å². The molecule has 2 aliphatic heterocycles. The highest BCUT2D eigenvalue weighted by Crippen LogP contribution is 2.52. The van der Waals surface area contributed by atoms with Crippen LogP contribution in [-0.2, 0) is 10.3 Å². The van der Waals surface area contributed by atoms with Crippen LogP contribution in [0.1, 0.15) is 17.5 Å². The average Bonchev–Trinajstić information content (AvgIpc) is 2.57. The first-order valence-electron chi connectivity index (χ1n) is 7.14. The number of ether oxygens (including phenoxy) is 2. The third-order valence-corrected chi connectivity index (χ3v) is 4.29. The lowest BCUT2D eigenvalue weighted by Crippen LogP contribution is -2.38. The van der Waals surface area contributed by atoms with Gasteiger partial charge in [-0.05, 0) is 29.8 Å². The third-order valence-electron chi connectivity index (χ3n) is 4.08. The zero-order chi connectivity index (χ0) is 16.7. The SMILES string of the molecule is [N-]=[N+]=Nc1ccc2c(c1)C1(CCOC(N)=N1)c1cc(Cl)ncc1O2. The number of aromatic nitrogens is 1. The van der Waals surface area contributed by atoms with Crippen molar-refractivity contribution >= 4 is 23.3 Å². The first-order chi connectivity index (χ1) is 11.6. The average molecular weight is 343 g/mol. The number of nitrogens with zero attached hydrogens (tertiary/aromatic N) is 5. The van der Waals surface area contributed by atoms with Gasteiger partial charge in [-0.2, -0.15) is 0 Å². The summed E-state index contributed by atoms with van der Waals surface area (Å²) in [6.07, 6.45) is 2.10. The Morgan fingerprint density at radius 2 is 2.12 bits per heavy atom. The number of pyridine rings is 1. The highest BCUT2D eigenvalue weighted by Gasteiger charge is 2.45.